The minimum absolute atomic E-state index is 0.0531. The van der Waals surface area contributed by atoms with Crippen molar-refractivity contribution in [2.75, 3.05) is 13.1 Å². The van der Waals surface area contributed by atoms with Crippen molar-refractivity contribution in [2.24, 2.45) is 11.1 Å². The molecule has 2 heterocycles. The summed E-state index contributed by atoms with van der Waals surface area (Å²) in [4.78, 5) is 41.6. The zero-order valence-corrected chi connectivity index (χ0v) is 16.7. The Morgan fingerprint density at radius 1 is 1.07 bits per heavy atom. The van der Waals surface area contributed by atoms with E-state index in [0.29, 0.717) is 29.8 Å². The average Bonchev–Trinajstić information content (AvgIpc) is 2.94. The van der Waals surface area contributed by atoms with E-state index < -0.39 is 0 Å². The number of imide groups is 1. The third-order valence-electron chi connectivity index (χ3n) is 6.00. The molecule has 6 heteroatoms. The van der Waals surface area contributed by atoms with Gasteiger partial charge in [-0.3, -0.25) is 19.3 Å². The number of amides is 3. The first-order valence-electron chi connectivity index (χ1n) is 9.87. The van der Waals surface area contributed by atoms with E-state index in [1.54, 1.807) is 23.1 Å². The van der Waals surface area contributed by atoms with Gasteiger partial charge in [0.2, 0.25) is 0 Å². The summed E-state index contributed by atoms with van der Waals surface area (Å²) in [5.41, 5.74) is 7.96. The fourth-order valence-electron chi connectivity index (χ4n) is 4.06. The highest BCUT2D eigenvalue weighted by molar-refractivity contribution is 6.22. The maximum absolute atomic E-state index is 13.0. The van der Waals surface area contributed by atoms with E-state index in [2.05, 4.69) is 13.8 Å². The van der Waals surface area contributed by atoms with Crippen LogP contribution in [0.3, 0.4) is 0 Å². The molecular formula is C23H25N3O3. The summed E-state index contributed by atoms with van der Waals surface area (Å²) in [5, 5.41) is 0. The van der Waals surface area contributed by atoms with Crippen LogP contribution in [-0.4, -0.2) is 46.7 Å². The molecule has 0 spiro atoms. The third kappa shape index (κ3) is 3.44. The Balaban J connectivity index is 1.57. The molecule has 6 nitrogen and oxygen atoms in total. The lowest BCUT2D eigenvalue weighted by atomic mass is 9.79. The molecule has 3 amide bonds. The summed E-state index contributed by atoms with van der Waals surface area (Å²) in [6.07, 6.45) is 0.742. The van der Waals surface area contributed by atoms with Gasteiger partial charge in [-0.25, -0.2) is 0 Å². The first-order valence-corrected chi connectivity index (χ1v) is 9.87. The molecule has 2 aromatic carbocycles. The second kappa shape index (κ2) is 7.12. The van der Waals surface area contributed by atoms with Gasteiger partial charge in [-0.2, -0.15) is 0 Å². The lowest BCUT2D eigenvalue weighted by molar-refractivity contribution is 0.0532. The van der Waals surface area contributed by atoms with Crippen LogP contribution in [0.4, 0.5) is 0 Å². The molecule has 0 aromatic heterocycles. The molecule has 4 rings (SSSR count). The van der Waals surface area contributed by atoms with Crippen LogP contribution >= 0.6 is 0 Å². The topological polar surface area (TPSA) is 83.7 Å². The monoisotopic (exact) mass is 391 g/mol. The van der Waals surface area contributed by atoms with E-state index >= 15 is 0 Å². The standard InChI is InChI=1S/C23H25N3O3/c1-23(2)14-25(11-10-19(23)24)20(27)16-8-9-17-18(12-16)22(29)26(21(17)28)13-15-6-4-3-5-7-15/h3-9,12,19H,10-11,13-14,24H2,1-2H3. The van der Waals surface area contributed by atoms with Crippen molar-refractivity contribution in [3.63, 3.8) is 0 Å². The molecule has 1 unspecified atom stereocenters. The fourth-order valence-corrected chi connectivity index (χ4v) is 4.06. The number of hydrogen-bond donors (Lipinski definition) is 1. The van der Waals surface area contributed by atoms with Crippen molar-refractivity contribution in [1.82, 2.24) is 9.80 Å². The van der Waals surface area contributed by atoms with Gasteiger partial charge in [0.05, 0.1) is 17.7 Å². The molecule has 2 aromatic rings. The van der Waals surface area contributed by atoms with E-state index in [0.717, 1.165) is 12.0 Å². The Bertz CT molecular complexity index is 984. The van der Waals surface area contributed by atoms with Gasteiger partial charge in [0.15, 0.2) is 0 Å². The summed E-state index contributed by atoms with van der Waals surface area (Å²) >= 11 is 0. The molecule has 0 aliphatic carbocycles. The number of piperidine rings is 1. The number of rotatable bonds is 3. The molecule has 2 aliphatic heterocycles. The Hall–Kier alpha value is -2.99. The van der Waals surface area contributed by atoms with Crippen molar-refractivity contribution in [3.05, 3.63) is 70.8 Å². The molecule has 1 atom stereocenters. The lowest BCUT2D eigenvalue weighted by Gasteiger charge is -2.42. The van der Waals surface area contributed by atoms with E-state index in [4.69, 9.17) is 5.73 Å². The van der Waals surface area contributed by atoms with Gasteiger partial charge >= 0.3 is 0 Å². The van der Waals surface area contributed by atoms with Gasteiger partial charge in [-0.1, -0.05) is 44.2 Å². The molecule has 0 radical (unpaired) electrons. The Morgan fingerprint density at radius 3 is 2.45 bits per heavy atom. The number of hydrogen-bond acceptors (Lipinski definition) is 4. The van der Waals surface area contributed by atoms with Crippen LogP contribution in [0.2, 0.25) is 0 Å². The first kappa shape index (κ1) is 19.3. The van der Waals surface area contributed by atoms with Crippen LogP contribution in [-0.2, 0) is 6.54 Å². The zero-order valence-electron chi connectivity index (χ0n) is 16.7. The molecule has 2 aliphatic rings. The Kier molecular flexibility index (Phi) is 4.74. The molecule has 1 saturated heterocycles. The van der Waals surface area contributed by atoms with E-state index in [9.17, 15) is 14.4 Å². The van der Waals surface area contributed by atoms with Crippen molar-refractivity contribution >= 4 is 17.7 Å². The summed E-state index contributed by atoms with van der Waals surface area (Å²) in [5.74, 6) is -0.808. The smallest absolute Gasteiger partial charge is 0.261 e. The van der Waals surface area contributed by atoms with Crippen LogP contribution in [0.1, 0.15) is 56.9 Å². The predicted octanol–water partition coefficient (Wildman–Crippen LogP) is 2.68. The van der Waals surface area contributed by atoms with Gasteiger partial charge in [0, 0.05) is 24.7 Å². The number of nitrogens with two attached hydrogens (primary N) is 1. The van der Waals surface area contributed by atoms with Crippen LogP contribution in [0.25, 0.3) is 0 Å². The largest absolute Gasteiger partial charge is 0.338 e. The highest BCUT2D eigenvalue weighted by Crippen LogP contribution is 2.30. The van der Waals surface area contributed by atoms with Crippen molar-refractivity contribution in [1.29, 1.82) is 0 Å². The number of fused-ring (bicyclic) bond motifs is 1. The molecule has 29 heavy (non-hydrogen) atoms. The van der Waals surface area contributed by atoms with Crippen LogP contribution < -0.4 is 5.73 Å². The van der Waals surface area contributed by atoms with Crippen molar-refractivity contribution < 1.29 is 14.4 Å². The highest BCUT2D eigenvalue weighted by Gasteiger charge is 2.38. The Labute approximate surface area is 170 Å². The van der Waals surface area contributed by atoms with Gasteiger partial charge in [0.1, 0.15) is 0 Å². The van der Waals surface area contributed by atoms with Gasteiger partial charge in [-0.15, -0.1) is 0 Å². The summed E-state index contributed by atoms with van der Waals surface area (Å²) in [6, 6.07) is 14.2. The normalized spacial score (nSPS) is 20.7. The van der Waals surface area contributed by atoms with E-state index in [1.165, 1.54) is 4.90 Å². The second-order valence-electron chi connectivity index (χ2n) is 8.55. The molecule has 0 bridgehead atoms. The van der Waals surface area contributed by atoms with E-state index in [1.807, 2.05) is 30.3 Å². The average molecular weight is 391 g/mol. The molecular weight excluding hydrogens is 366 g/mol. The lowest BCUT2D eigenvalue weighted by Crippen LogP contribution is -2.54. The van der Waals surface area contributed by atoms with Crippen LogP contribution in [0.15, 0.2) is 48.5 Å². The molecule has 2 N–H and O–H groups in total. The summed E-state index contributed by atoms with van der Waals surface area (Å²) < 4.78 is 0. The summed E-state index contributed by atoms with van der Waals surface area (Å²) in [7, 11) is 0. The van der Waals surface area contributed by atoms with Crippen LogP contribution in [0, 0.1) is 5.41 Å². The quantitative estimate of drug-likeness (QED) is 0.816. The third-order valence-corrected chi connectivity index (χ3v) is 6.00. The maximum atomic E-state index is 13.0. The van der Waals surface area contributed by atoms with Gasteiger partial charge in [-0.05, 0) is 35.6 Å². The van der Waals surface area contributed by atoms with Crippen molar-refractivity contribution in [3.8, 4) is 0 Å². The van der Waals surface area contributed by atoms with Crippen LogP contribution in [0.5, 0.6) is 0 Å². The predicted molar refractivity (Wildman–Crippen MR) is 109 cm³/mol. The number of likely N-dealkylation sites (tertiary alicyclic amines) is 1. The number of carbonyl (C=O) groups is 3. The SMILES string of the molecule is CC1(C)CN(C(=O)c2ccc3c(c2)C(=O)N(Cc2ccccc2)C3=O)CCC1N. The number of nitrogens with zero attached hydrogens (tertiary/aromatic N) is 2. The maximum Gasteiger partial charge on any atom is 0.261 e. The zero-order chi connectivity index (χ0) is 20.8. The first-order chi connectivity index (χ1) is 13.8. The fraction of sp³-hybridized carbons (Fsp3) is 0.348. The van der Waals surface area contributed by atoms with Crippen molar-refractivity contribution in [2.45, 2.75) is 32.9 Å². The number of carbonyl (C=O) groups excluding carboxylic acids is 3. The summed E-state index contributed by atoms with van der Waals surface area (Å²) in [6.45, 7) is 5.49. The van der Waals surface area contributed by atoms with E-state index in [-0.39, 0.29) is 35.7 Å². The second-order valence-corrected chi connectivity index (χ2v) is 8.55. The van der Waals surface area contributed by atoms with Gasteiger partial charge in [0.25, 0.3) is 17.7 Å². The molecule has 1 fully saturated rings. The highest BCUT2D eigenvalue weighted by atomic mass is 16.2. The minimum Gasteiger partial charge on any atom is -0.338 e. The Morgan fingerprint density at radius 2 is 1.76 bits per heavy atom. The molecule has 150 valence electrons. The number of benzene rings is 2. The minimum atomic E-state index is -0.357. The van der Waals surface area contributed by atoms with Gasteiger partial charge < -0.3 is 10.6 Å². The molecule has 0 saturated carbocycles.